The van der Waals surface area contributed by atoms with Crippen molar-refractivity contribution in [1.82, 2.24) is 4.90 Å². The minimum atomic E-state index is 0.286. The number of ether oxygens (including phenoxy) is 2. The lowest BCUT2D eigenvalue weighted by Gasteiger charge is -2.37. The van der Waals surface area contributed by atoms with Gasteiger partial charge >= 0.3 is 0 Å². The molecule has 1 atom stereocenters. The number of methoxy groups -OCH3 is 2. The maximum absolute atomic E-state index is 6.01. The molecule has 1 aromatic carbocycles. The summed E-state index contributed by atoms with van der Waals surface area (Å²) in [6, 6.07) is 8.53. The molecule has 0 aromatic heterocycles. The first-order chi connectivity index (χ1) is 9.78. The lowest BCUT2D eigenvalue weighted by molar-refractivity contribution is 0.0810. The van der Waals surface area contributed by atoms with Gasteiger partial charge in [-0.25, -0.2) is 0 Å². The topological polar surface area (TPSA) is 47.7 Å². The average Bonchev–Trinajstić information content (AvgIpc) is 2.50. The first-order valence-electron chi connectivity index (χ1n) is 7.35. The number of rotatable bonds is 6. The van der Waals surface area contributed by atoms with E-state index in [-0.39, 0.29) is 6.04 Å². The van der Waals surface area contributed by atoms with Gasteiger partial charge in [-0.05, 0) is 49.5 Å². The molecule has 112 valence electrons. The predicted molar refractivity (Wildman–Crippen MR) is 81.0 cm³/mol. The lowest BCUT2D eigenvalue weighted by Crippen LogP contribution is -2.40. The Morgan fingerprint density at radius 3 is 2.65 bits per heavy atom. The van der Waals surface area contributed by atoms with Crippen LogP contribution in [-0.2, 0) is 4.74 Å². The van der Waals surface area contributed by atoms with E-state index in [0.29, 0.717) is 12.5 Å². The van der Waals surface area contributed by atoms with Gasteiger partial charge in [-0.1, -0.05) is 12.1 Å². The highest BCUT2D eigenvalue weighted by Gasteiger charge is 2.25. The maximum atomic E-state index is 6.01. The summed E-state index contributed by atoms with van der Waals surface area (Å²) in [5.41, 5.74) is 7.26. The Labute approximate surface area is 121 Å². The van der Waals surface area contributed by atoms with Gasteiger partial charge in [-0.2, -0.15) is 0 Å². The first-order valence-corrected chi connectivity index (χ1v) is 7.35. The quantitative estimate of drug-likeness (QED) is 0.865. The number of piperidine rings is 1. The molecule has 1 fully saturated rings. The Morgan fingerprint density at radius 1 is 1.30 bits per heavy atom. The molecule has 0 saturated carbocycles. The van der Waals surface area contributed by atoms with Gasteiger partial charge in [0.05, 0.1) is 7.11 Å². The molecule has 0 aliphatic carbocycles. The summed E-state index contributed by atoms with van der Waals surface area (Å²) < 4.78 is 10.6. The van der Waals surface area contributed by atoms with Crippen molar-refractivity contribution in [2.75, 3.05) is 40.5 Å². The van der Waals surface area contributed by atoms with Crippen LogP contribution in [0.2, 0.25) is 0 Å². The second-order valence-corrected chi connectivity index (χ2v) is 5.46. The lowest BCUT2D eigenvalue weighted by atomic mass is 9.95. The predicted octanol–water partition coefficient (Wildman–Crippen LogP) is 2.05. The van der Waals surface area contributed by atoms with Gasteiger partial charge in [0.15, 0.2) is 0 Å². The van der Waals surface area contributed by atoms with Crippen molar-refractivity contribution in [2.45, 2.75) is 18.9 Å². The summed E-state index contributed by atoms with van der Waals surface area (Å²) in [7, 11) is 3.48. The van der Waals surface area contributed by atoms with Crippen LogP contribution in [0.5, 0.6) is 5.75 Å². The number of benzene rings is 1. The standard InChI is InChI=1S/C16H26N2O2/c1-19-12-13-6-8-18(9-7-13)16(11-17)14-4-3-5-15(10-14)20-2/h3-5,10,13,16H,6-9,11-12,17H2,1-2H3. The highest BCUT2D eigenvalue weighted by molar-refractivity contribution is 5.30. The van der Waals surface area contributed by atoms with Gasteiger partial charge < -0.3 is 15.2 Å². The Bertz CT molecular complexity index is 403. The molecular weight excluding hydrogens is 252 g/mol. The molecule has 1 heterocycles. The third-order valence-corrected chi connectivity index (χ3v) is 4.19. The highest BCUT2D eigenvalue weighted by atomic mass is 16.5. The molecular formula is C16H26N2O2. The smallest absolute Gasteiger partial charge is 0.119 e. The van der Waals surface area contributed by atoms with Crippen LogP contribution in [0.25, 0.3) is 0 Å². The summed E-state index contributed by atoms with van der Waals surface area (Å²) in [6.07, 6.45) is 2.38. The van der Waals surface area contributed by atoms with Gasteiger partial charge in [0.1, 0.15) is 5.75 Å². The van der Waals surface area contributed by atoms with Crippen LogP contribution in [-0.4, -0.2) is 45.4 Å². The molecule has 2 N–H and O–H groups in total. The van der Waals surface area contributed by atoms with Crippen molar-refractivity contribution in [2.24, 2.45) is 11.7 Å². The second kappa shape index (κ2) is 7.62. The van der Waals surface area contributed by atoms with E-state index in [1.165, 1.54) is 18.4 Å². The monoisotopic (exact) mass is 278 g/mol. The van der Waals surface area contributed by atoms with Crippen molar-refractivity contribution < 1.29 is 9.47 Å². The Morgan fingerprint density at radius 2 is 2.05 bits per heavy atom. The summed E-state index contributed by atoms with van der Waals surface area (Å²) in [5.74, 6) is 1.59. The van der Waals surface area contributed by atoms with Crippen LogP contribution in [0.4, 0.5) is 0 Å². The van der Waals surface area contributed by atoms with Crippen molar-refractivity contribution in [3.63, 3.8) is 0 Å². The Kier molecular flexibility index (Phi) is 5.83. The summed E-state index contributed by atoms with van der Waals surface area (Å²) in [4.78, 5) is 2.49. The summed E-state index contributed by atoms with van der Waals surface area (Å²) in [6.45, 7) is 3.70. The molecule has 1 saturated heterocycles. The van der Waals surface area contributed by atoms with Gasteiger partial charge in [-0.15, -0.1) is 0 Å². The third-order valence-electron chi connectivity index (χ3n) is 4.19. The fraction of sp³-hybridized carbons (Fsp3) is 0.625. The van der Waals surface area contributed by atoms with Crippen molar-refractivity contribution >= 4 is 0 Å². The first kappa shape index (κ1) is 15.3. The molecule has 0 bridgehead atoms. The SMILES string of the molecule is COCC1CCN(C(CN)c2cccc(OC)c2)CC1. The van der Waals surface area contributed by atoms with Crippen molar-refractivity contribution in [3.05, 3.63) is 29.8 Å². The van der Waals surface area contributed by atoms with Gasteiger partial charge in [0.25, 0.3) is 0 Å². The second-order valence-electron chi connectivity index (χ2n) is 5.46. The van der Waals surface area contributed by atoms with Crippen LogP contribution < -0.4 is 10.5 Å². The van der Waals surface area contributed by atoms with E-state index < -0.39 is 0 Å². The molecule has 1 unspecified atom stereocenters. The van der Waals surface area contributed by atoms with E-state index >= 15 is 0 Å². The van der Waals surface area contributed by atoms with E-state index in [0.717, 1.165) is 25.4 Å². The van der Waals surface area contributed by atoms with Crippen molar-refractivity contribution in [3.8, 4) is 5.75 Å². The number of nitrogens with zero attached hydrogens (tertiary/aromatic N) is 1. The van der Waals surface area contributed by atoms with Gasteiger partial charge in [0.2, 0.25) is 0 Å². The summed E-state index contributed by atoms with van der Waals surface area (Å²) >= 11 is 0. The minimum Gasteiger partial charge on any atom is -0.497 e. The molecule has 1 aromatic rings. The Balaban J connectivity index is 2.01. The largest absolute Gasteiger partial charge is 0.497 e. The van der Waals surface area contributed by atoms with Crippen LogP contribution in [0.3, 0.4) is 0 Å². The van der Waals surface area contributed by atoms with Crippen molar-refractivity contribution in [1.29, 1.82) is 0 Å². The van der Waals surface area contributed by atoms with E-state index in [9.17, 15) is 0 Å². The third kappa shape index (κ3) is 3.72. The maximum Gasteiger partial charge on any atom is 0.119 e. The average molecular weight is 278 g/mol. The summed E-state index contributed by atoms with van der Waals surface area (Å²) in [5, 5.41) is 0. The fourth-order valence-corrected chi connectivity index (χ4v) is 3.01. The molecule has 1 aliphatic heterocycles. The molecule has 4 heteroatoms. The molecule has 0 amide bonds. The van der Waals surface area contributed by atoms with Crippen LogP contribution >= 0.6 is 0 Å². The van der Waals surface area contributed by atoms with E-state index in [4.69, 9.17) is 15.2 Å². The van der Waals surface area contributed by atoms with E-state index in [2.05, 4.69) is 17.0 Å². The molecule has 0 spiro atoms. The zero-order valence-corrected chi connectivity index (χ0v) is 12.5. The van der Waals surface area contributed by atoms with Gasteiger partial charge in [0, 0.05) is 26.3 Å². The van der Waals surface area contributed by atoms with E-state index in [1.54, 1.807) is 14.2 Å². The molecule has 1 aliphatic rings. The van der Waals surface area contributed by atoms with Crippen LogP contribution in [0.1, 0.15) is 24.4 Å². The van der Waals surface area contributed by atoms with Crippen LogP contribution in [0, 0.1) is 5.92 Å². The van der Waals surface area contributed by atoms with Gasteiger partial charge in [-0.3, -0.25) is 4.90 Å². The molecule has 0 radical (unpaired) electrons. The molecule has 2 rings (SSSR count). The molecule has 20 heavy (non-hydrogen) atoms. The number of likely N-dealkylation sites (tertiary alicyclic amines) is 1. The fourth-order valence-electron chi connectivity index (χ4n) is 3.01. The number of hydrogen-bond donors (Lipinski definition) is 1. The minimum absolute atomic E-state index is 0.286. The normalized spacial score (nSPS) is 18.9. The highest BCUT2D eigenvalue weighted by Crippen LogP contribution is 2.28. The number of nitrogens with two attached hydrogens (primary N) is 1. The Hall–Kier alpha value is -1.10. The van der Waals surface area contributed by atoms with Crippen LogP contribution in [0.15, 0.2) is 24.3 Å². The zero-order chi connectivity index (χ0) is 14.4. The molecule has 4 nitrogen and oxygen atoms in total. The number of hydrogen-bond acceptors (Lipinski definition) is 4. The zero-order valence-electron chi connectivity index (χ0n) is 12.5. The van der Waals surface area contributed by atoms with E-state index in [1.807, 2.05) is 12.1 Å².